The molecule has 0 amide bonds. The molecule has 4 nitrogen and oxygen atoms in total. The lowest BCUT2D eigenvalue weighted by molar-refractivity contribution is 0.0599. The topological polar surface area (TPSA) is 55.8 Å². The van der Waals surface area contributed by atoms with Gasteiger partial charge in [-0.3, -0.25) is 0 Å². The van der Waals surface area contributed by atoms with Crippen molar-refractivity contribution in [1.82, 2.24) is 0 Å². The molecule has 0 aliphatic heterocycles. The highest BCUT2D eigenvalue weighted by molar-refractivity contribution is 5.90. The van der Waals surface area contributed by atoms with Gasteiger partial charge in [0.2, 0.25) is 0 Å². The van der Waals surface area contributed by atoms with Crippen LogP contribution in [-0.2, 0) is 4.74 Å². The first-order valence-corrected chi connectivity index (χ1v) is 12.2. The van der Waals surface area contributed by atoms with Gasteiger partial charge in [-0.2, -0.15) is 0 Å². The molecule has 172 valence electrons. The summed E-state index contributed by atoms with van der Waals surface area (Å²) >= 11 is 0. The summed E-state index contributed by atoms with van der Waals surface area (Å²) in [7, 11) is 1.32. The minimum atomic E-state index is -0.474. The average Bonchev–Trinajstić information content (AvgIpc) is 2.75. The van der Waals surface area contributed by atoms with Gasteiger partial charge in [0.25, 0.3) is 0 Å². The van der Waals surface area contributed by atoms with Gasteiger partial charge in [0.1, 0.15) is 11.5 Å². The zero-order chi connectivity index (χ0) is 21.9. The molecule has 0 fully saturated rings. The summed E-state index contributed by atoms with van der Waals surface area (Å²) in [5.74, 6) is 0.0504. The molecule has 1 N–H and O–H groups in total. The monoisotopic (exact) mass is 420 g/mol. The molecule has 0 atom stereocenters. The van der Waals surface area contributed by atoms with Gasteiger partial charge >= 0.3 is 5.97 Å². The molecule has 0 saturated heterocycles. The van der Waals surface area contributed by atoms with Crippen LogP contribution in [0.25, 0.3) is 0 Å². The van der Waals surface area contributed by atoms with Crippen LogP contribution in [0.5, 0.6) is 11.5 Å². The summed E-state index contributed by atoms with van der Waals surface area (Å²) in [6, 6.07) is 4.52. The quantitative estimate of drug-likeness (QED) is 0.183. The number of aromatic hydroxyl groups is 1. The van der Waals surface area contributed by atoms with Crippen LogP contribution in [-0.4, -0.2) is 24.8 Å². The number of carbonyl (C=O) groups is 1. The molecule has 0 radical (unpaired) electrons. The van der Waals surface area contributed by atoms with Gasteiger partial charge < -0.3 is 14.6 Å². The summed E-state index contributed by atoms with van der Waals surface area (Å²) < 4.78 is 10.4. The van der Waals surface area contributed by atoms with Gasteiger partial charge in [-0.1, -0.05) is 103 Å². The van der Waals surface area contributed by atoms with Crippen LogP contribution in [0, 0.1) is 0 Å². The lowest BCUT2D eigenvalue weighted by Gasteiger charge is -2.08. The number of methoxy groups -OCH3 is 1. The highest BCUT2D eigenvalue weighted by Gasteiger charge is 2.09. The van der Waals surface area contributed by atoms with E-state index in [1.54, 1.807) is 6.07 Å². The Kier molecular flexibility index (Phi) is 15.9. The van der Waals surface area contributed by atoms with Crippen molar-refractivity contribution in [2.75, 3.05) is 13.7 Å². The highest BCUT2D eigenvalue weighted by atomic mass is 16.5. The second-order valence-electron chi connectivity index (χ2n) is 8.36. The number of hydrogen-bond donors (Lipinski definition) is 1. The van der Waals surface area contributed by atoms with E-state index in [9.17, 15) is 9.90 Å². The molecule has 0 unspecified atom stereocenters. The Balaban J connectivity index is 1.90. The number of carbonyl (C=O) groups excluding carboxylic acids is 1. The minimum absolute atomic E-state index is 0.0138. The van der Waals surface area contributed by atoms with Crippen LogP contribution in [0.4, 0.5) is 0 Å². The van der Waals surface area contributed by atoms with Crippen LogP contribution >= 0.6 is 0 Å². The van der Waals surface area contributed by atoms with E-state index >= 15 is 0 Å². The highest BCUT2D eigenvalue weighted by Crippen LogP contribution is 2.23. The maximum absolute atomic E-state index is 11.6. The Morgan fingerprint density at radius 2 is 1.20 bits per heavy atom. The van der Waals surface area contributed by atoms with Crippen molar-refractivity contribution >= 4 is 5.97 Å². The van der Waals surface area contributed by atoms with E-state index in [4.69, 9.17) is 4.74 Å². The molecule has 0 aliphatic carbocycles. The summed E-state index contributed by atoms with van der Waals surface area (Å²) in [6.07, 6.45) is 21.5. The zero-order valence-electron chi connectivity index (χ0n) is 19.4. The van der Waals surface area contributed by atoms with Crippen LogP contribution in [0.1, 0.15) is 120 Å². The predicted molar refractivity (Wildman–Crippen MR) is 124 cm³/mol. The molecule has 0 bridgehead atoms. The maximum Gasteiger partial charge on any atom is 0.338 e. The van der Waals surface area contributed by atoms with Gasteiger partial charge in [-0.15, -0.1) is 0 Å². The molecule has 0 saturated carbocycles. The van der Waals surface area contributed by atoms with Crippen molar-refractivity contribution in [2.24, 2.45) is 0 Å². The number of esters is 1. The fraction of sp³-hybridized carbons (Fsp3) is 0.731. The molecule has 0 aromatic heterocycles. The predicted octanol–water partition coefficient (Wildman–Crippen LogP) is 7.82. The molecule has 1 rings (SSSR count). The third-order valence-electron chi connectivity index (χ3n) is 5.58. The molecule has 0 aliphatic rings. The van der Waals surface area contributed by atoms with E-state index in [1.807, 2.05) is 0 Å². The first kappa shape index (κ1) is 26.3. The van der Waals surface area contributed by atoms with Crippen molar-refractivity contribution in [1.29, 1.82) is 0 Å². The first-order chi connectivity index (χ1) is 14.7. The fourth-order valence-corrected chi connectivity index (χ4v) is 3.74. The van der Waals surface area contributed by atoms with Crippen molar-refractivity contribution in [3.8, 4) is 11.5 Å². The Morgan fingerprint density at radius 3 is 1.67 bits per heavy atom. The van der Waals surface area contributed by atoms with Crippen LogP contribution in [0.2, 0.25) is 0 Å². The van der Waals surface area contributed by atoms with Crippen molar-refractivity contribution in [2.45, 2.75) is 110 Å². The second kappa shape index (κ2) is 18.1. The van der Waals surface area contributed by atoms with Crippen molar-refractivity contribution in [3.63, 3.8) is 0 Å². The van der Waals surface area contributed by atoms with Crippen molar-refractivity contribution < 1.29 is 19.4 Å². The van der Waals surface area contributed by atoms with Crippen molar-refractivity contribution in [3.05, 3.63) is 23.8 Å². The molecular formula is C26H44O4. The normalized spacial score (nSPS) is 10.9. The van der Waals surface area contributed by atoms with Crippen LogP contribution in [0.3, 0.4) is 0 Å². The van der Waals surface area contributed by atoms with Crippen LogP contribution in [0.15, 0.2) is 18.2 Å². The van der Waals surface area contributed by atoms with E-state index in [0.29, 0.717) is 17.9 Å². The van der Waals surface area contributed by atoms with Crippen LogP contribution < -0.4 is 4.74 Å². The van der Waals surface area contributed by atoms with E-state index in [-0.39, 0.29) is 5.75 Å². The number of ether oxygens (including phenoxy) is 2. The average molecular weight is 421 g/mol. The fourth-order valence-electron chi connectivity index (χ4n) is 3.74. The van der Waals surface area contributed by atoms with E-state index in [2.05, 4.69) is 11.7 Å². The van der Waals surface area contributed by atoms with Gasteiger partial charge in [-0.05, 0) is 18.6 Å². The summed E-state index contributed by atoms with van der Waals surface area (Å²) in [5.41, 5.74) is 0.305. The summed E-state index contributed by atoms with van der Waals surface area (Å²) in [4.78, 5) is 11.6. The molecule has 1 aromatic rings. The Hall–Kier alpha value is -1.71. The smallest absolute Gasteiger partial charge is 0.338 e. The molecule has 0 spiro atoms. The SMILES string of the molecule is CCCCCCCCCCCCCCCCCCOc1cc(O)cc(C(=O)OC)c1. The zero-order valence-corrected chi connectivity index (χ0v) is 19.4. The summed E-state index contributed by atoms with van der Waals surface area (Å²) in [6.45, 7) is 2.87. The maximum atomic E-state index is 11.6. The standard InChI is InChI=1S/C26H44O4/c1-3-4-5-6-7-8-9-10-11-12-13-14-15-16-17-18-19-30-25-21-23(26(28)29-2)20-24(27)22-25/h20-22,27H,3-19H2,1-2H3. The molecule has 4 heteroatoms. The van der Waals surface area contributed by atoms with Gasteiger partial charge in [0.05, 0.1) is 19.3 Å². The van der Waals surface area contributed by atoms with Gasteiger partial charge in [0, 0.05) is 6.07 Å². The number of phenolic OH excluding ortho intramolecular Hbond substituents is 1. The number of rotatable bonds is 19. The lowest BCUT2D eigenvalue weighted by Crippen LogP contribution is -2.03. The van der Waals surface area contributed by atoms with E-state index in [0.717, 1.165) is 12.8 Å². The summed E-state index contributed by atoms with van der Waals surface area (Å²) in [5, 5.41) is 9.69. The molecule has 1 aromatic carbocycles. The molecule has 0 heterocycles. The minimum Gasteiger partial charge on any atom is -0.508 e. The third-order valence-corrected chi connectivity index (χ3v) is 5.58. The Morgan fingerprint density at radius 1 is 0.733 bits per heavy atom. The number of benzene rings is 1. The number of hydrogen-bond acceptors (Lipinski definition) is 4. The van der Waals surface area contributed by atoms with E-state index in [1.165, 1.54) is 109 Å². The molecular weight excluding hydrogens is 376 g/mol. The number of phenols is 1. The second-order valence-corrected chi connectivity index (χ2v) is 8.36. The molecule has 30 heavy (non-hydrogen) atoms. The number of unbranched alkanes of at least 4 members (excludes halogenated alkanes) is 15. The Labute approximate surface area is 184 Å². The van der Waals surface area contributed by atoms with Gasteiger partial charge in [-0.25, -0.2) is 4.79 Å². The van der Waals surface area contributed by atoms with E-state index < -0.39 is 5.97 Å². The Bertz CT molecular complexity index is 556. The third kappa shape index (κ3) is 13.5. The lowest BCUT2D eigenvalue weighted by atomic mass is 10.0. The largest absolute Gasteiger partial charge is 0.508 e. The first-order valence-electron chi connectivity index (χ1n) is 12.2. The van der Waals surface area contributed by atoms with Gasteiger partial charge in [0.15, 0.2) is 0 Å².